The van der Waals surface area contributed by atoms with Crippen LogP contribution in [0.4, 0.5) is 0 Å². The zero-order chi connectivity index (χ0) is 8.53. The number of benzene rings is 1. The standard InChI is InChI=1S/C8H10O.CH2.Ru/c1-2-9-8-6-4-3-5-7-8;;/h3-7H,2H2,1H3;1H2;. The average molecular weight is 237 g/mol. The number of para-hydroxylation sites is 1. The molecule has 1 rings (SSSR count). The van der Waals surface area contributed by atoms with E-state index in [4.69, 9.17) is 4.74 Å². The Hall–Kier alpha value is -0.487. The molecule has 0 bridgehead atoms. The van der Waals surface area contributed by atoms with Gasteiger partial charge in [-0.3, -0.25) is 0 Å². The maximum atomic E-state index is 5.21. The van der Waals surface area contributed by atoms with Gasteiger partial charge < -0.3 is 4.74 Å². The van der Waals surface area contributed by atoms with Gasteiger partial charge in [-0.1, -0.05) is 18.2 Å². The van der Waals surface area contributed by atoms with Gasteiger partial charge in [-0.2, -0.15) is 0 Å². The van der Waals surface area contributed by atoms with Gasteiger partial charge in [0, 0.05) is 0 Å². The number of ether oxygens (including phenoxy) is 1. The van der Waals surface area contributed by atoms with Crippen LogP contribution in [0.1, 0.15) is 6.92 Å². The molecule has 0 aliphatic carbocycles. The van der Waals surface area contributed by atoms with Crippen molar-refractivity contribution in [2.45, 2.75) is 6.92 Å². The molecular weight excluding hydrogens is 225 g/mol. The van der Waals surface area contributed by atoms with Crippen molar-refractivity contribution in [2.75, 3.05) is 6.61 Å². The molecule has 0 saturated carbocycles. The summed E-state index contributed by atoms with van der Waals surface area (Å²) < 4.78 is 5.21. The molecule has 1 aromatic carbocycles. The van der Waals surface area contributed by atoms with E-state index >= 15 is 0 Å². The first-order chi connectivity index (χ1) is 5.43. The Morgan fingerprint density at radius 1 is 1.27 bits per heavy atom. The van der Waals surface area contributed by atoms with Crippen LogP contribution in [0.5, 0.6) is 5.75 Å². The van der Waals surface area contributed by atoms with Crippen molar-refractivity contribution in [3.8, 4) is 5.75 Å². The van der Waals surface area contributed by atoms with Crippen LogP contribution in [0.3, 0.4) is 0 Å². The van der Waals surface area contributed by atoms with Crippen LogP contribution in [-0.4, -0.2) is 11.7 Å². The van der Waals surface area contributed by atoms with E-state index < -0.39 is 0 Å². The summed E-state index contributed by atoms with van der Waals surface area (Å²) in [4.78, 5) is 0. The Labute approximate surface area is 77.6 Å². The molecule has 0 atom stereocenters. The van der Waals surface area contributed by atoms with Crippen molar-refractivity contribution in [3.63, 3.8) is 0 Å². The topological polar surface area (TPSA) is 9.23 Å². The van der Waals surface area contributed by atoms with Crippen molar-refractivity contribution >= 4 is 5.11 Å². The average Bonchev–Trinajstić information content (AvgIpc) is 2.11. The monoisotopic (exact) mass is 238 g/mol. The second-order valence-corrected chi connectivity index (χ2v) is 1.75. The molecule has 2 heteroatoms. The quantitative estimate of drug-likeness (QED) is 0.715. The Morgan fingerprint density at radius 2 is 1.82 bits per heavy atom. The van der Waals surface area contributed by atoms with E-state index in [0.29, 0.717) is 0 Å². The Morgan fingerprint density at radius 3 is 2.27 bits per heavy atom. The summed E-state index contributed by atoms with van der Waals surface area (Å²) in [5, 5.41) is 3.18. The van der Waals surface area contributed by atoms with Crippen LogP contribution < -0.4 is 4.74 Å². The van der Waals surface area contributed by atoms with Gasteiger partial charge in [-0.05, 0) is 19.1 Å². The van der Waals surface area contributed by atoms with E-state index in [0.717, 1.165) is 12.4 Å². The van der Waals surface area contributed by atoms with Gasteiger partial charge in [0.1, 0.15) is 5.75 Å². The zero-order valence-corrected chi connectivity index (χ0v) is 8.30. The van der Waals surface area contributed by atoms with Crippen LogP contribution in [0.2, 0.25) is 0 Å². The summed E-state index contributed by atoms with van der Waals surface area (Å²) in [5.74, 6) is 0.944. The van der Waals surface area contributed by atoms with Gasteiger partial charge in [-0.25, -0.2) is 0 Å². The molecule has 1 nitrogen and oxygen atoms in total. The molecule has 0 spiro atoms. The fourth-order valence-electron chi connectivity index (χ4n) is 0.683. The van der Waals surface area contributed by atoms with Gasteiger partial charge in [0.25, 0.3) is 0 Å². The predicted molar refractivity (Wildman–Crippen MR) is 44.7 cm³/mol. The van der Waals surface area contributed by atoms with E-state index in [-0.39, 0.29) is 0 Å². The predicted octanol–water partition coefficient (Wildman–Crippen LogP) is 2.05. The van der Waals surface area contributed by atoms with E-state index in [2.05, 4.69) is 23.0 Å². The van der Waals surface area contributed by atoms with Gasteiger partial charge in [0.15, 0.2) is 0 Å². The molecule has 1 aromatic rings. The minimum absolute atomic E-state index is 0.740. The zero-order valence-electron chi connectivity index (χ0n) is 6.56. The van der Waals surface area contributed by atoms with Crippen LogP contribution in [-0.2, 0) is 17.9 Å². The SMILES string of the molecule is CCOc1ccccc1.[CH2]=[Ru]. The fraction of sp³-hybridized carbons (Fsp3) is 0.222. The molecule has 0 fully saturated rings. The van der Waals surface area contributed by atoms with Gasteiger partial charge >= 0.3 is 23.0 Å². The summed E-state index contributed by atoms with van der Waals surface area (Å²) in [7, 11) is 0. The van der Waals surface area contributed by atoms with Crippen LogP contribution in [0.15, 0.2) is 30.3 Å². The van der Waals surface area contributed by atoms with Crippen molar-refractivity contribution in [3.05, 3.63) is 30.3 Å². The molecule has 0 saturated heterocycles. The normalized spacial score (nSPS) is 7.82. The molecular formula is C9H12ORu. The number of hydrogen-bond acceptors (Lipinski definition) is 1. The minimum atomic E-state index is 0.740. The van der Waals surface area contributed by atoms with Crippen LogP contribution in [0, 0.1) is 0 Å². The summed E-state index contributed by atoms with van der Waals surface area (Å²) in [6, 6.07) is 9.80. The third-order valence-electron chi connectivity index (χ3n) is 1.05. The van der Waals surface area contributed by atoms with Crippen molar-refractivity contribution in [1.29, 1.82) is 0 Å². The van der Waals surface area contributed by atoms with E-state index in [1.54, 1.807) is 0 Å². The first-order valence-corrected chi connectivity index (χ1v) is 4.59. The second-order valence-electron chi connectivity index (χ2n) is 1.75. The molecule has 0 aliphatic rings. The van der Waals surface area contributed by atoms with Crippen molar-refractivity contribution in [2.24, 2.45) is 0 Å². The van der Waals surface area contributed by atoms with Crippen LogP contribution >= 0.6 is 0 Å². The van der Waals surface area contributed by atoms with Gasteiger partial charge in [0.2, 0.25) is 0 Å². The third kappa shape index (κ3) is 4.86. The Kier molecular flexibility index (Phi) is 7.28. The molecule has 0 unspecified atom stereocenters. The molecule has 0 radical (unpaired) electrons. The third-order valence-corrected chi connectivity index (χ3v) is 1.05. The van der Waals surface area contributed by atoms with Crippen LogP contribution in [0.25, 0.3) is 0 Å². The summed E-state index contributed by atoms with van der Waals surface area (Å²) in [6.07, 6.45) is 0. The Bertz CT molecular complexity index is 174. The number of hydrogen-bond donors (Lipinski definition) is 0. The van der Waals surface area contributed by atoms with Gasteiger partial charge in [-0.15, -0.1) is 0 Å². The van der Waals surface area contributed by atoms with Crippen molar-refractivity contribution < 1.29 is 22.6 Å². The maximum absolute atomic E-state index is 5.21. The first kappa shape index (κ1) is 10.5. The number of rotatable bonds is 2. The fourth-order valence-corrected chi connectivity index (χ4v) is 0.683. The first-order valence-electron chi connectivity index (χ1n) is 3.36. The van der Waals surface area contributed by atoms with E-state index in [9.17, 15) is 0 Å². The molecule has 0 amide bonds. The molecule has 0 aromatic heterocycles. The molecule has 0 N–H and O–H groups in total. The summed E-state index contributed by atoms with van der Waals surface area (Å²) in [6.45, 7) is 2.72. The second kappa shape index (κ2) is 7.62. The Balaban J connectivity index is 0.000000461. The van der Waals surface area contributed by atoms with Crippen molar-refractivity contribution in [1.82, 2.24) is 0 Å². The van der Waals surface area contributed by atoms with E-state index in [1.165, 1.54) is 0 Å². The molecule has 62 valence electrons. The molecule has 0 aliphatic heterocycles. The van der Waals surface area contributed by atoms with E-state index in [1.807, 2.05) is 37.3 Å². The summed E-state index contributed by atoms with van der Waals surface area (Å²) in [5.41, 5.74) is 0. The molecule has 0 heterocycles. The van der Waals surface area contributed by atoms with Gasteiger partial charge in [0.05, 0.1) is 6.61 Å². The molecule has 11 heavy (non-hydrogen) atoms. The summed E-state index contributed by atoms with van der Waals surface area (Å²) >= 11 is 2.10.